The Morgan fingerprint density at radius 2 is 2.25 bits per heavy atom. The van der Waals surface area contributed by atoms with Crippen LogP contribution in [0.5, 0.6) is 0 Å². The van der Waals surface area contributed by atoms with E-state index in [2.05, 4.69) is 37.2 Å². The zero-order valence-corrected chi connectivity index (χ0v) is 12.3. The molecule has 0 saturated heterocycles. The summed E-state index contributed by atoms with van der Waals surface area (Å²) in [5, 5.41) is 3.87. The molecule has 0 radical (unpaired) electrons. The van der Waals surface area contributed by atoms with Crippen LogP contribution in [0.3, 0.4) is 0 Å². The van der Waals surface area contributed by atoms with Gasteiger partial charge in [-0.15, -0.1) is 0 Å². The zero-order valence-electron chi connectivity index (χ0n) is 9.17. The number of carbonyl (C=O) groups excluding carboxylic acids is 1. The molecule has 1 atom stereocenters. The summed E-state index contributed by atoms with van der Waals surface area (Å²) in [6.45, 7) is 2.01. The second-order valence-electron chi connectivity index (χ2n) is 3.75. The highest BCUT2D eigenvalue weighted by Crippen LogP contribution is 2.12. The Morgan fingerprint density at radius 3 is 2.88 bits per heavy atom. The van der Waals surface area contributed by atoms with Crippen molar-refractivity contribution >= 4 is 37.8 Å². The highest BCUT2D eigenvalue weighted by molar-refractivity contribution is 9.10. The van der Waals surface area contributed by atoms with Gasteiger partial charge < -0.3 is 5.32 Å². The molecule has 0 aliphatic heterocycles. The second-order valence-corrected chi connectivity index (χ2v) is 5.46. The quantitative estimate of drug-likeness (QED) is 0.813. The van der Waals surface area contributed by atoms with Gasteiger partial charge in [-0.25, -0.2) is 0 Å². The molecular formula is C12H15Br2NO. The van der Waals surface area contributed by atoms with Gasteiger partial charge in [-0.2, -0.15) is 0 Å². The number of alkyl halides is 1. The molecule has 0 aliphatic rings. The van der Waals surface area contributed by atoms with Crippen LogP contribution in [0.1, 0.15) is 18.9 Å². The summed E-state index contributed by atoms with van der Waals surface area (Å²) in [6.07, 6.45) is 1.39. The van der Waals surface area contributed by atoms with Crippen molar-refractivity contribution in [1.82, 2.24) is 5.32 Å². The Bertz CT molecular complexity index is 355. The van der Waals surface area contributed by atoms with Crippen LogP contribution in [0.4, 0.5) is 0 Å². The third kappa shape index (κ3) is 5.12. The van der Waals surface area contributed by atoms with E-state index in [1.54, 1.807) is 0 Å². The number of carbonyl (C=O) groups is 1. The Labute approximate surface area is 113 Å². The molecule has 88 valence electrons. The Hall–Kier alpha value is -0.350. The van der Waals surface area contributed by atoms with E-state index in [1.165, 1.54) is 0 Å². The number of hydrogen-bond acceptors (Lipinski definition) is 1. The van der Waals surface area contributed by atoms with Gasteiger partial charge in [0.2, 0.25) is 5.91 Å². The van der Waals surface area contributed by atoms with Crippen LogP contribution in [0, 0.1) is 0 Å². The molecular weight excluding hydrogens is 334 g/mol. The molecule has 1 amide bonds. The van der Waals surface area contributed by atoms with Crippen molar-refractivity contribution < 1.29 is 4.79 Å². The first-order valence-electron chi connectivity index (χ1n) is 5.21. The van der Waals surface area contributed by atoms with Crippen molar-refractivity contribution in [2.24, 2.45) is 0 Å². The molecule has 0 spiro atoms. The van der Waals surface area contributed by atoms with Crippen molar-refractivity contribution in [2.45, 2.75) is 25.8 Å². The largest absolute Gasteiger partial charge is 0.353 e. The highest BCUT2D eigenvalue weighted by atomic mass is 79.9. The average Bonchev–Trinajstić information content (AvgIpc) is 2.17. The minimum absolute atomic E-state index is 0.0755. The smallest absolute Gasteiger partial charge is 0.224 e. The summed E-state index contributed by atoms with van der Waals surface area (Å²) >= 11 is 6.75. The lowest BCUT2D eigenvalue weighted by Crippen LogP contribution is -2.33. The number of hydrogen-bond donors (Lipinski definition) is 1. The topological polar surface area (TPSA) is 29.1 Å². The van der Waals surface area contributed by atoms with Crippen molar-refractivity contribution in [1.29, 1.82) is 0 Å². The van der Waals surface area contributed by atoms with Crippen LogP contribution in [0.15, 0.2) is 28.7 Å². The van der Waals surface area contributed by atoms with Gasteiger partial charge in [-0.1, -0.05) is 44.0 Å². The predicted molar refractivity (Wildman–Crippen MR) is 73.9 cm³/mol. The zero-order chi connectivity index (χ0) is 12.0. The molecule has 0 bridgehead atoms. The van der Waals surface area contributed by atoms with E-state index in [-0.39, 0.29) is 11.9 Å². The summed E-state index contributed by atoms with van der Waals surface area (Å²) in [5.74, 6) is 0.0755. The van der Waals surface area contributed by atoms with Gasteiger partial charge in [-0.3, -0.25) is 4.79 Å². The lowest BCUT2D eigenvalue weighted by molar-refractivity contribution is -0.121. The van der Waals surface area contributed by atoms with Gasteiger partial charge >= 0.3 is 0 Å². The number of amides is 1. The summed E-state index contributed by atoms with van der Waals surface area (Å²) in [5.41, 5.74) is 1.03. The lowest BCUT2D eigenvalue weighted by Gasteiger charge is -2.12. The van der Waals surface area contributed by atoms with Crippen LogP contribution in [0.25, 0.3) is 0 Å². The first kappa shape index (κ1) is 13.7. The number of nitrogens with one attached hydrogen (secondary N) is 1. The molecule has 0 fully saturated rings. The van der Waals surface area contributed by atoms with Crippen LogP contribution in [-0.2, 0) is 11.2 Å². The lowest BCUT2D eigenvalue weighted by atomic mass is 10.1. The molecule has 0 aliphatic carbocycles. The molecule has 1 aromatic carbocycles. The highest BCUT2D eigenvalue weighted by Gasteiger charge is 2.07. The van der Waals surface area contributed by atoms with Gasteiger partial charge in [0.05, 0.1) is 6.42 Å². The van der Waals surface area contributed by atoms with E-state index in [9.17, 15) is 4.79 Å². The van der Waals surface area contributed by atoms with Gasteiger partial charge in [0, 0.05) is 15.8 Å². The molecule has 1 rings (SSSR count). The Balaban J connectivity index is 2.45. The molecule has 1 aromatic rings. The third-order valence-electron chi connectivity index (χ3n) is 2.20. The summed E-state index contributed by atoms with van der Waals surface area (Å²) in [7, 11) is 0. The molecule has 0 heterocycles. The molecule has 2 nitrogen and oxygen atoms in total. The molecule has 4 heteroatoms. The van der Waals surface area contributed by atoms with E-state index in [1.807, 2.05) is 31.2 Å². The minimum atomic E-state index is 0.0755. The Morgan fingerprint density at radius 1 is 1.50 bits per heavy atom. The maximum atomic E-state index is 11.7. The van der Waals surface area contributed by atoms with E-state index in [0.29, 0.717) is 6.42 Å². The summed E-state index contributed by atoms with van der Waals surface area (Å²) in [4.78, 5) is 11.7. The van der Waals surface area contributed by atoms with Crippen LogP contribution in [-0.4, -0.2) is 17.3 Å². The number of rotatable bonds is 5. The van der Waals surface area contributed by atoms with Gasteiger partial charge in [-0.05, 0) is 31.0 Å². The molecule has 1 unspecified atom stereocenters. The minimum Gasteiger partial charge on any atom is -0.353 e. The summed E-state index contributed by atoms with van der Waals surface area (Å²) in [6, 6.07) is 8.04. The third-order valence-corrected chi connectivity index (χ3v) is 3.15. The van der Waals surface area contributed by atoms with E-state index in [0.717, 1.165) is 21.8 Å². The SMILES string of the molecule is CC(CCBr)NC(=O)Cc1cccc(Br)c1. The van der Waals surface area contributed by atoms with E-state index in [4.69, 9.17) is 0 Å². The average molecular weight is 349 g/mol. The fourth-order valence-corrected chi connectivity index (χ4v) is 2.53. The van der Waals surface area contributed by atoms with Crippen molar-refractivity contribution in [3.63, 3.8) is 0 Å². The maximum absolute atomic E-state index is 11.7. The standard InChI is InChI=1S/C12H15Br2NO/c1-9(5-6-13)15-12(16)8-10-3-2-4-11(14)7-10/h2-4,7,9H,5-6,8H2,1H3,(H,15,16). The van der Waals surface area contributed by atoms with Crippen molar-refractivity contribution in [2.75, 3.05) is 5.33 Å². The van der Waals surface area contributed by atoms with E-state index < -0.39 is 0 Å². The van der Waals surface area contributed by atoms with Gasteiger partial charge in [0.25, 0.3) is 0 Å². The second kappa shape index (κ2) is 7.07. The van der Waals surface area contributed by atoms with Gasteiger partial charge in [0.15, 0.2) is 0 Å². The molecule has 1 N–H and O–H groups in total. The normalized spacial score (nSPS) is 12.2. The van der Waals surface area contributed by atoms with Crippen molar-refractivity contribution in [3.05, 3.63) is 34.3 Å². The molecule has 16 heavy (non-hydrogen) atoms. The van der Waals surface area contributed by atoms with Crippen LogP contribution < -0.4 is 5.32 Å². The fourth-order valence-electron chi connectivity index (χ4n) is 1.39. The first-order chi connectivity index (χ1) is 7.61. The predicted octanol–water partition coefficient (Wildman–Crippen LogP) is 3.28. The maximum Gasteiger partial charge on any atom is 0.224 e. The van der Waals surface area contributed by atoms with Crippen LogP contribution in [0.2, 0.25) is 0 Å². The van der Waals surface area contributed by atoms with Crippen molar-refractivity contribution in [3.8, 4) is 0 Å². The fraction of sp³-hybridized carbons (Fsp3) is 0.417. The molecule has 0 saturated carbocycles. The summed E-state index contributed by atoms with van der Waals surface area (Å²) < 4.78 is 1.01. The van der Waals surface area contributed by atoms with Gasteiger partial charge in [0.1, 0.15) is 0 Å². The first-order valence-corrected chi connectivity index (χ1v) is 7.13. The number of benzene rings is 1. The molecule has 0 aromatic heterocycles. The monoisotopic (exact) mass is 347 g/mol. The van der Waals surface area contributed by atoms with E-state index >= 15 is 0 Å². The Kier molecular flexibility index (Phi) is 6.06. The number of halogens is 2. The van der Waals surface area contributed by atoms with Crippen LogP contribution >= 0.6 is 31.9 Å².